The lowest BCUT2D eigenvalue weighted by atomic mass is 9.90. The predicted octanol–water partition coefficient (Wildman–Crippen LogP) is 5.66. The highest BCUT2D eigenvalue weighted by molar-refractivity contribution is 6.31. The van der Waals surface area contributed by atoms with E-state index in [1.165, 1.54) is 70.6 Å². The molecule has 1 aliphatic heterocycles. The number of likely N-dealkylation sites (tertiary alicyclic amines) is 1. The molecule has 2 fully saturated rings. The van der Waals surface area contributed by atoms with E-state index in [9.17, 15) is 14.3 Å². The van der Waals surface area contributed by atoms with Crippen LogP contribution < -0.4 is 15.4 Å². The molecular formula is C28H35ClFN5O3. The van der Waals surface area contributed by atoms with Crippen LogP contribution in [0.2, 0.25) is 5.02 Å². The van der Waals surface area contributed by atoms with Gasteiger partial charge in [0.25, 0.3) is 0 Å². The number of piperidine rings is 1. The molecule has 204 valence electrons. The quantitative estimate of drug-likeness (QED) is 0.382. The third-order valence-electron chi connectivity index (χ3n) is 7.30. The third kappa shape index (κ3) is 6.63. The number of fused-ring (bicyclic) bond motifs is 1. The van der Waals surface area contributed by atoms with Gasteiger partial charge in [-0.05, 0) is 50.4 Å². The predicted molar refractivity (Wildman–Crippen MR) is 148 cm³/mol. The molecule has 1 aromatic heterocycles. The van der Waals surface area contributed by atoms with Crippen LogP contribution in [0.5, 0.6) is 11.5 Å². The maximum absolute atomic E-state index is 14.0. The van der Waals surface area contributed by atoms with Gasteiger partial charge in [0, 0.05) is 31.1 Å². The van der Waals surface area contributed by atoms with Crippen LogP contribution in [0, 0.1) is 11.7 Å². The van der Waals surface area contributed by atoms with Crippen LogP contribution in [-0.2, 0) is 4.79 Å². The Kier molecular flexibility index (Phi) is 9.58. The number of anilines is 2. The Hall–Kier alpha value is -3.17. The number of aromatic hydroxyl groups is 1. The fourth-order valence-electron chi connectivity index (χ4n) is 5.27. The first kappa shape index (κ1) is 27.9. The number of nitrogens with zero attached hydrogens (tertiary/aromatic N) is 3. The van der Waals surface area contributed by atoms with Crippen LogP contribution in [-0.4, -0.2) is 59.2 Å². The van der Waals surface area contributed by atoms with Crippen LogP contribution >= 0.6 is 11.6 Å². The zero-order valence-electron chi connectivity index (χ0n) is 21.8. The van der Waals surface area contributed by atoms with Crippen molar-refractivity contribution < 1.29 is 19.0 Å². The number of aromatic nitrogens is 2. The molecule has 0 radical (unpaired) electrons. The first-order valence-corrected chi connectivity index (χ1v) is 13.5. The number of ether oxygens (including phenoxy) is 1. The second-order valence-corrected chi connectivity index (χ2v) is 10.1. The molecule has 1 saturated heterocycles. The van der Waals surface area contributed by atoms with Gasteiger partial charge in [-0.15, -0.1) is 0 Å². The number of phenolic OH excluding ortho intramolecular Hbond substituents is 1. The molecule has 0 bridgehead atoms. The van der Waals surface area contributed by atoms with Crippen LogP contribution in [0.3, 0.4) is 0 Å². The summed E-state index contributed by atoms with van der Waals surface area (Å²) in [5.74, 6) is 0.490. The van der Waals surface area contributed by atoms with Gasteiger partial charge in [-0.1, -0.05) is 36.9 Å². The molecular weight excluding hydrogens is 509 g/mol. The van der Waals surface area contributed by atoms with Crippen molar-refractivity contribution in [1.82, 2.24) is 20.2 Å². The number of hydrogen-bond acceptors (Lipinski definition) is 7. The Morgan fingerprint density at radius 1 is 1.16 bits per heavy atom. The Bertz CT molecular complexity index is 1250. The molecule has 1 aliphatic carbocycles. The number of carbonyl (C=O) groups excluding carboxylic acids is 1. The van der Waals surface area contributed by atoms with E-state index in [-0.39, 0.29) is 28.3 Å². The van der Waals surface area contributed by atoms with Gasteiger partial charge in [0.1, 0.15) is 12.1 Å². The zero-order chi connectivity index (χ0) is 27.1. The van der Waals surface area contributed by atoms with Gasteiger partial charge in [0.15, 0.2) is 17.3 Å². The van der Waals surface area contributed by atoms with E-state index in [4.69, 9.17) is 16.3 Å². The highest BCUT2D eigenvalue weighted by Crippen LogP contribution is 2.34. The molecule has 8 nitrogen and oxygen atoms in total. The van der Waals surface area contributed by atoms with Gasteiger partial charge in [-0.2, -0.15) is 0 Å². The van der Waals surface area contributed by atoms with Crippen molar-refractivity contribution in [3.63, 3.8) is 0 Å². The number of phenols is 1. The lowest BCUT2D eigenvalue weighted by molar-refractivity contribution is -0.126. The van der Waals surface area contributed by atoms with E-state index < -0.39 is 5.82 Å². The van der Waals surface area contributed by atoms with Crippen LogP contribution in [0.1, 0.15) is 44.9 Å². The lowest BCUT2D eigenvalue weighted by Crippen LogP contribution is -2.47. The van der Waals surface area contributed by atoms with E-state index in [0.29, 0.717) is 22.5 Å². The van der Waals surface area contributed by atoms with E-state index in [1.807, 2.05) is 0 Å². The number of nitrogens with one attached hydrogen (secondary N) is 2. The number of halogens is 2. The molecule has 3 N–H and O–H groups in total. The zero-order valence-corrected chi connectivity index (χ0v) is 22.6. The van der Waals surface area contributed by atoms with Crippen molar-refractivity contribution in [3.8, 4) is 11.5 Å². The van der Waals surface area contributed by atoms with Crippen molar-refractivity contribution >= 4 is 39.9 Å². The molecule has 0 spiro atoms. The first-order chi connectivity index (χ1) is 18.4. The van der Waals surface area contributed by atoms with Crippen molar-refractivity contribution in [2.45, 2.75) is 51.0 Å². The summed E-state index contributed by atoms with van der Waals surface area (Å²) in [5, 5.41) is 16.1. The molecule has 0 unspecified atom stereocenters. The molecule has 2 aromatic carbocycles. The maximum Gasteiger partial charge on any atom is 0.224 e. The number of hydrogen-bond donors (Lipinski definition) is 3. The Morgan fingerprint density at radius 3 is 2.68 bits per heavy atom. The number of amides is 1. The molecule has 1 atom stereocenters. The summed E-state index contributed by atoms with van der Waals surface area (Å²) in [6, 6.07) is 8.42. The molecule has 10 heteroatoms. The summed E-state index contributed by atoms with van der Waals surface area (Å²) in [5.41, 5.74) is 0.734. The average Bonchev–Trinajstić information content (AvgIpc) is 2.96. The SMILES string of the molecule is CNC(=O)[C@H]1CCCN(C2CCCCC2)C1.COc1cc2ncnc(Nc3cccc(Cl)c3F)c2cc1O. The van der Waals surface area contributed by atoms with Gasteiger partial charge in [-0.25, -0.2) is 14.4 Å². The monoisotopic (exact) mass is 543 g/mol. The Morgan fingerprint density at radius 2 is 1.95 bits per heavy atom. The summed E-state index contributed by atoms with van der Waals surface area (Å²) in [6.07, 6.45) is 10.5. The van der Waals surface area contributed by atoms with Gasteiger partial charge in [0.05, 0.1) is 29.3 Å². The van der Waals surface area contributed by atoms with Crippen molar-refractivity contribution in [3.05, 3.63) is 47.5 Å². The topological polar surface area (TPSA) is 99.6 Å². The van der Waals surface area contributed by atoms with Crippen molar-refractivity contribution in [2.24, 2.45) is 5.92 Å². The second-order valence-electron chi connectivity index (χ2n) is 9.73. The smallest absolute Gasteiger partial charge is 0.224 e. The van der Waals surface area contributed by atoms with Crippen molar-refractivity contribution in [1.29, 1.82) is 0 Å². The van der Waals surface area contributed by atoms with Crippen molar-refractivity contribution in [2.75, 3.05) is 32.6 Å². The Labute approximate surface area is 227 Å². The van der Waals surface area contributed by atoms with Gasteiger partial charge >= 0.3 is 0 Å². The number of rotatable bonds is 5. The summed E-state index contributed by atoms with van der Waals surface area (Å²) < 4.78 is 19.0. The minimum absolute atomic E-state index is 0.00729. The summed E-state index contributed by atoms with van der Waals surface area (Å²) in [4.78, 5) is 22.4. The fourth-order valence-corrected chi connectivity index (χ4v) is 5.44. The molecule has 1 amide bonds. The first-order valence-electron chi connectivity index (χ1n) is 13.1. The molecule has 3 aromatic rings. The number of benzene rings is 2. The molecule has 5 rings (SSSR count). The van der Waals surface area contributed by atoms with Crippen LogP contribution in [0.25, 0.3) is 10.9 Å². The molecule has 2 aliphatic rings. The highest BCUT2D eigenvalue weighted by Gasteiger charge is 2.29. The third-order valence-corrected chi connectivity index (χ3v) is 7.59. The van der Waals surface area contributed by atoms with E-state index >= 15 is 0 Å². The summed E-state index contributed by atoms with van der Waals surface area (Å²) in [6.45, 7) is 2.20. The van der Waals surface area contributed by atoms with Gasteiger partial charge in [0.2, 0.25) is 5.91 Å². The van der Waals surface area contributed by atoms with E-state index in [2.05, 4.69) is 25.5 Å². The van der Waals surface area contributed by atoms with Crippen LogP contribution in [0.15, 0.2) is 36.7 Å². The van der Waals surface area contributed by atoms with Crippen LogP contribution in [0.4, 0.5) is 15.9 Å². The van der Waals surface area contributed by atoms with Gasteiger partial charge in [-0.3, -0.25) is 9.69 Å². The largest absolute Gasteiger partial charge is 0.504 e. The van der Waals surface area contributed by atoms with Gasteiger partial charge < -0.3 is 20.5 Å². The normalized spacial score (nSPS) is 18.4. The lowest BCUT2D eigenvalue weighted by Gasteiger charge is -2.39. The highest BCUT2D eigenvalue weighted by atomic mass is 35.5. The number of methoxy groups -OCH3 is 1. The molecule has 1 saturated carbocycles. The molecule has 2 heterocycles. The standard InChI is InChI=1S/C15H11ClFN3O2.C13H24N2O/c1-22-13-6-11-8(5-12(13)21)15(19-7-18-11)20-10-4-2-3-9(16)14(10)17;1-14-13(16)11-6-5-9-15(10-11)12-7-3-2-4-8-12/h2-7,21H,1H3,(H,18,19,20);11-12H,2-10H2,1H3,(H,14,16)/t;11-/m.0/s1. The Balaban J connectivity index is 0.000000186. The fraction of sp³-hybridized carbons (Fsp3) is 0.464. The molecule has 38 heavy (non-hydrogen) atoms. The summed E-state index contributed by atoms with van der Waals surface area (Å²) >= 11 is 5.76. The minimum Gasteiger partial charge on any atom is -0.504 e. The van der Waals surface area contributed by atoms with E-state index in [0.717, 1.165) is 19.0 Å². The number of carbonyl (C=O) groups is 1. The summed E-state index contributed by atoms with van der Waals surface area (Å²) in [7, 11) is 3.20. The second kappa shape index (κ2) is 13.1. The maximum atomic E-state index is 14.0. The minimum atomic E-state index is -0.575. The van der Waals surface area contributed by atoms with E-state index in [1.54, 1.807) is 25.2 Å². The average molecular weight is 544 g/mol.